The normalized spacial score (nSPS) is 23.2. The number of thiol groups is 1. The Hall–Kier alpha value is -0.530. The van der Waals surface area contributed by atoms with Crippen molar-refractivity contribution in [3.05, 3.63) is 16.3 Å². The van der Waals surface area contributed by atoms with E-state index in [9.17, 15) is 13.2 Å². The average molecular weight is 291 g/mol. The van der Waals surface area contributed by atoms with Crippen molar-refractivity contribution in [1.82, 2.24) is 5.32 Å². The highest BCUT2D eigenvalue weighted by molar-refractivity contribution is 7.91. The first kappa shape index (κ1) is 12.9. The van der Waals surface area contributed by atoms with E-state index in [0.717, 1.165) is 11.3 Å². The first-order valence-electron chi connectivity index (χ1n) is 5.25. The fraction of sp³-hybridized carbons (Fsp3) is 0.500. The molecule has 0 spiro atoms. The largest absolute Gasteiger partial charge is 0.348 e. The summed E-state index contributed by atoms with van der Waals surface area (Å²) in [7, 11) is -2.98. The summed E-state index contributed by atoms with van der Waals surface area (Å²) in [4.78, 5) is 13.1. The zero-order chi connectivity index (χ0) is 12.5. The van der Waals surface area contributed by atoms with Crippen molar-refractivity contribution >= 4 is 39.7 Å². The zero-order valence-corrected chi connectivity index (χ0v) is 11.6. The summed E-state index contributed by atoms with van der Waals surface area (Å²) in [6, 6.07) is 1.42. The number of nitrogens with one attached hydrogen (secondary N) is 1. The van der Waals surface area contributed by atoms with Crippen LogP contribution in [0.3, 0.4) is 0 Å². The lowest BCUT2D eigenvalue weighted by Gasteiger charge is -2.22. The van der Waals surface area contributed by atoms with Gasteiger partial charge in [0.25, 0.3) is 5.91 Å². The van der Waals surface area contributed by atoms with Gasteiger partial charge in [0.15, 0.2) is 9.84 Å². The Balaban J connectivity index is 1.99. The van der Waals surface area contributed by atoms with Crippen molar-refractivity contribution < 1.29 is 13.2 Å². The van der Waals surface area contributed by atoms with Gasteiger partial charge in [-0.05, 0) is 18.9 Å². The third-order valence-corrected chi connectivity index (χ3v) is 5.79. The first-order chi connectivity index (χ1) is 7.96. The second-order valence-electron chi connectivity index (χ2n) is 4.10. The molecule has 1 N–H and O–H groups in total. The van der Waals surface area contributed by atoms with Gasteiger partial charge >= 0.3 is 0 Å². The minimum absolute atomic E-state index is 0.0534. The molecule has 0 aliphatic carbocycles. The third-order valence-electron chi connectivity index (χ3n) is 2.61. The van der Waals surface area contributed by atoms with E-state index in [1.165, 1.54) is 11.3 Å². The highest BCUT2D eigenvalue weighted by atomic mass is 32.2. The van der Waals surface area contributed by atoms with E-state index in [-0.39, 0.29) is 23.5 Å². The van der Waals surface area contributed by atoms with Gasteiger partial charge in [0.05, 0.1) is 16.4 Å². The molecule has 2 heterocycles. The minimum Gasteiger partial charge on any atom is -0.348 e. The van der Waals surface area contributed by atoms with Crippen molar-refractivity contribution in [2.45, 2.75) is 23.8 Å². The van der Waals surface area contributed by atoms with Gasteiger partial charge in [0, 0.05) is 16.3 Å². The van der Waals surface area contributed by atoms with Gasteiger partial charge in [0.2, 0.25) is 0 Å². The van der Waals surface area contributed by atoms with E-state index in [2.05, 4.69) is 17.9 Å². The topological polar surface area (TPSA) is 63.2 Å². The number of carbonyl (C=O) groups excluding carboxylic acids is 1. The average Bonchev–Trinajstić information content (AvgIpc) is 2.63. The number of rotatable bonds is 2. The van der Waals surface area contributed by atoms with Crippen LogP contribution in [0.15, 0.2) is 16.3 Å². The monoisotopic (exact) mass is 291 g/mol. The summed E-state index contributed by atoms with van der Waals surface area (Å²) >= 11 is 5.44. The van der Waals surface area contributed by atoms with Crippen LogP contribution in [-0.2, 0) is 9.84 Å². The summed E-state index contributed by atoms with van der Waals surface area (Å²) in [5.74, 6) is 0.0780. The number of thiophene rings is 1. The molecule has 1 amide bonds. The summed E-state index contributed by atoms with van der Waals surface area (Å²) in [5.41, 5.74) is 0. The molecule has 4 nitrogen and oxygen atoms in total. The van der Waals surface area contributed by atoms with E-state index >= 15 is 0 Å². The molecule has 1 aromatic heterocycles. The van der Waals surface area contributed by atoms with Crippen LogP contribution in [-0.4, -0.2) is 31.9 Å². The van der Waals surface area contributed by atoms with Crippen LogP contribution in [0.2, 0.25) is 0 Å². The highest BCUT2D eigenvalue weighted by Crippen LogP contribution is 2.18. The second kappa shape index (κ2) is 4.99. The quantitative estimate of drug-likeness (QED) is 0.808. The molecule has 1 unspecified atom stereocenters. The molecule has 0 aromatic carbocycles. The number of sulfone groups is 1. The molecule has 1 fully saturated rings. The van der Waals surface area contributed by atoms with Crippen LogP contribution >= 0.6 is 24.0 Å². The maximum atomic E-state index is 11.8. The van der Waals surface area contributed by atoms with Gasteiger partial charge in [-0.1, -0.05) is 0 Å². The van der Waals surface area contributed by atoms with E-state index in [4.69, 9.17) is 0 Å². The molecule has 1 saturated heterocycles. The fourth-order valence-electron chi connectivity index (χ4n) is 1.84. The minimum atomic E-state index is -2.98. The lowest BCUT2D eigenvalue weighted by molar-refractivity contribution is 0.0942. The molecular weight excluding hydrogens is 278 g/mol. The molecular formula is C10H13NO3S3. The molecule has 0 radical (unpaired) electrons. The zero-order valence-electron chi connectivity index (χ0n) is 9.05. The lowest BCUT2D eigenvalue weighted by Crippen LogP contribution is -2.42. The lowest BCUT2D eigenvalue weighted by atomic mass is 10.2. The van der Waals surface area contributed by atoms with Crippen LogP contribution in [0.1, 0.15) is 22.5 Å². The molecule has 2 rings (SSSR count). The number of carbonyl (C=O) groups is 1. The van der Waals surface area contributed by atoms with Crippen LogP contribution in [0.4, 0.5) is 0 Å². The predicted octanol–water partition coefficient (Wildman–Crippen LogP) is 1.34. The van der Waals surface area contributed by atoms with Crippen LogP contribution < -0.4 is 5.32 Å². The van der Waals surface area contributed by atoms with Gasteiger partial charge < -0.3 is 5.32 Å². The van der Waals surface area contributed by atoms with E-state index in [1.54, 1.807) is 11.4 Å². The number of hydrogen-bond acceptors (Lipinski definition) is 5. The van der Waals surface area contributed by atoms with E-state index in [0.29, 0.717) is 11.3 Å². The van der Waals surface area contributed by atoms with Gasteiger partial charge in [-0.15, -0.1) is 24.0 Å². The van der Waals surface area contributed by atoms with Gasteiger partial charge in [-0.3, -0.25) is 4.79 Å². The Morgan fingerprint density at radius 2 is 2.29 bits per heavy atom. The maximum absolute atomic E-state index is 11.8. The smallest absolute Gasteiger partial charge is 0.261 e. The molecule has 1 atom stereocenters. The molecule has 1 aliphatic rings. The molecule has 94 valence electrons. The Morgan fingerprint density at radius 3 is 2.88 bits per heavy atom. The first-order valence-corrected chi connectivity index (χ1v) is 8.40. The van der Waals surface area contributed by atoms with Gasteiger partial charge in [-0.25, -0.2) is 8.42 Å². The SMILES string of the molecule is O=C(NC1CCCS(=O)(=O)C1)c1cc(S)cs1. The van der Waals surface area contributed by atoms with E-state index < -0.39 is 9.84 Å². The summed E-state index contributed by atoms with van der Waals surface area (Å²) < 4.78 is 22.8. The molecule has 1 aromatic rings. The summed E-state index contributed by atoms with van der Waals surface area (Å²) in [6.07, 6.45) is 1.35. The van der Waals surface area contributed by atoms with Crippen molar-refractivity contribution in [2.75, 3.05) is 11.5 Å². The molecule has 0 saturated carbocycles. The van der Waals surface area contributed by atoms with Gasteiger partial charge in [-0.2, -0.15) is 0 Å². The molecule has 0 bridgehead atoms. The highest BCUT2D eigenvalue weighted by Gasteiger charge is 2.26. The van der Waals surface area contributed by atoms with Crippen molar-refractivity contribution in [3.63, 3.8) is 0 Å². The third kappa shape index (κ3) is 3.46. The summed E-state index contributed by atoms with van der Waals surface area (Å²) in [5, 5.41) is 4.54. The Morgan fingerprint density at radius 1 is 1.53 bits per heavy atom. The van der Waals surface area contributed by atoms with Crippen LogP contribution in [0.5, 0.6) is 0 Å². The second-order valence-corrected chi connectivity index (χ2v) is 7.75. The predicted molar refractivity (Wildman–Crippen MR) is 70.7 cm³/mol. The molecule has 7 heteroatoms. The molecule has 1 aliphatic heterocycles. The van der Waals surface area contributed by atoms with Crippen molar-refractivity contribution in [1.29, 1.82) is 0 Å². The van der Waals surface area contributed by atoms with Crippen LogP contribution in [0.25, 0.3) is 0 Å². The van der Waals surface area contributed by atoms with Gasteiger partial charge in [0.1, 0.15) is 0 Å². The fourth-order valence-corrected chi connectivity index (χ4v) is 4.53. The van der Waals surface area contributed by atoms with Crippen molar-refractivity contribution in [3.8, 4) is 0 Å². The standard InChI is InChI=1S/C10H13NO3S3/c12-10(9-4-8(15)5-16-9)11-7-2-1-3-17(13,14)6-7/h4-5,7,15H,1-3,6H2,(H,11,12). The number of amides is 1. The van der Waals surface area contributed by atoms with E-state index in [1.807, 2.05) is 0 Å². The van der Waals surface area contributed by atoms with Crippen LogP contribution in [0, 0.1) is 0 Å². The Labute approximate surface area is 110 Å². The maximum Gasteiger partial charge on any atom is 0.261 e. The molecule has 17 heavy (non-hydrogen) atoms. The number of hydrogen-bond donors (Lipinski definition) is 2. The van der Waals surface area contributed by atoms with Crippen molar-refractivity contribution in [2.24, 2.45) is 0 Å². The Kier molecular flexibility index (Phi) is 3.79. The summed E-state index contributed by atoms with van der Waals surface area (Å²) in [6.45, 7) is 0. The Bertz CT molecular complexity index is 521.